The standard InChI is InChI=1S/C48H41N3O7/c1-29-16-20-33(21-17-29)49-51-45(55)39-28-38-35(42(36-14-8-9-15-40(36)58-27-26-52)48(39,47(51)57)32-12-6-3-7-13-32)24-25-37-41(38)46(56)50(44(37)54)34-22-18-31(19-23-34)43(53)30-10-4-2-5-11-30/h2-24,37-39,41-42,49,52H,25-28H2,1H3/t37-,38+,39-,41-,42+,48+/m0/s1. The molecule has 5 aromatic carbocycles. The number of anilines is 2. The molecule has 58 heavy (non-hydrogen) atoms. The molecule has 6 atom stereocenters. The van der Waals surface area contributed by atoms with Crippen LogP contribution in [0.15, 0.2) is 145 Å². The maximum absolute atomic E-state index is 15.5. The van der Waals surface area contributed by atoms with E-state index in [0.717, 1.165) is 16.1 Å². The van der Waals surface area contributed by atoms with Crippen LogP contribution in [0.3, 0.4) is 0 Å². The zero-order valence-corrected chi connectivity index (χ0v) is 31.8. The summed E-state index contributed by atoms with van der Waals surface area (Å²) in [6.07, 6.45) is 2.40. The van der Waals surface area contributed by atoms with Crippen LogP contribution < -0.4 is 15.1 Å². The number of ketones is 1. The molecule has 9 rings (SSSR count). The van der Waals surface area contributed by atoms with Crippen LogP contribution in [0.2, 0.25) is 0 Å². The molecule has 10 nitrogen and oxygen atoms in total. The predicted octanol–water partition coefficient (Wildman–Crippen LogP) is 6.79. The molecular weight excluding hydrogens is 731 g/mol. The molecule has 2 N–H and O–H groups in total. The van der Waals surface area contributed by atoms with Crippen molar-refractivity contribution >= 4 is 40.8 Å². The summed E-state index contributed by atoms with van der Waals surface area (Å²) in [7, 11) is 0. The van der Waals surface area contributed by atoms with Crippen LogP contribution in [0.25, 0.3) is 0 Å². The van der Waals surface area contributed by atoms with Gasteiger partial charge in [0.25, 0.3) is 11.8 Å². The van der Waals surface area contributed by atoms with Crippen molar-refractivity contribution < 1.29 is 33.8 Å². The smallest absolute Gasteiger partial charge is 0.260 e. The van der Waals surface area contributed by atoms with Gasteiger partial charge in [-0.1, -0.05) is 108 Å². The Labute approximate surface area is 335 Å². The van der Waals surface area contributed by atoms with Gasteiger partial charge in [0.05, 0.1) is 41.2 Å². The van der Waals surface area contributed by atoms with Gasteiger partial charge in [0.2, 0.25) is 11.8 Å². The van der Waals surface area contributed by atoms with Crippen molar-refractivity contribution in [2.75, 3.05) is 23.5 Å². The number of para-hydroxylation sites is 1. The summed E-state index contributed by atoms with van der Waals surface area (Å²) in [4.78, 5) is 74.0. The van der Waals surface area contributed by atoms with Crippen molar-refractivity contribution in [3.05, 3.63) is 173 Å². The van der Waals surface area contributed by atoms with Crippen LogP contribution in [0, 0.1) is 30.6 Å². The number of allylic oxidation sites excluding steroid dienone is 2. The number of aryl methyl sites for hydroxylation is 1. The van der Waals surface area contributed by atoms with E-state index in [1.807, 2.05) is 91.9 Å². The molecule has 3 fully saturated rings. The van der Waals surface area contributed by atoms with Crippen molar-refractivity contribution in [3.63, 3.8) is 0 Å². The number of rotatable bonds is 10. The Morgan fingerprint density at radius 2 is 1.41 bits per heavy atom. The van der Waals surface area contributed by atoms with Crippen molar-refractivity contribution in [3.8, 4) is 5.75 Å². The highest BCUT2D eigenvalue weighted by atomic mass is 16.5. The number of amides is 4. The van der Waals surface area contributed by atoms with Crippen molar-refractivity contribution in [1.29, 1.82) is 0 Å². The molecule has 0 radical (unpaired) electrons. The van der Waals surface area contributed by atoms with Gasteiger partial charge in [0.15, 0.2) is 5.78 Å². The summed E-state index contributed by atoms with van der Waals surface area (Å²) in [6.45, 7) is 1.72. The number of imide groups is 2. The number of hydrazine groups is 1. The highest BCUT2D eigenvalue weighted by Crippen LogP contribution is 2.65. The van der Waals surface area contributed by atoms with Crippen molar-refractivity contribution in [2.24, 2.45) is 23.7 Å². The summed E-state index contributed by atoms with van der Waals surface area (Å²) in [5, 5.41) is 10.9. The Morgan fingerprint density at radius 1 is 0.759 bits per heavy atom. The molecular formula is C48H41N3O7. The van der Waals surface area contributed by atoms with E-state index < -0.39 is 46.8 Å². The highest BCUT2D eigenvalue weighted by Gasteiger charge is 2.70. The minimum atomic E-state index is -1.46. The Morgan fingerprint density at radius 3 is 2.12 bits per heavy atom. The van der Waals surface area contributed by atoms with Gasteiger partial charge < -0.3 is 9.84 Å². The number of nitrogens with zero attached hydrogens (tertiary/aromatic N) is 2. The van der Waals surface area contributed by atoms with Crippen LogP contribution in [0.4, 0.5) is 11.4 Å². The average molecular weight is 772 g/mol. The first kappa shape index (κ1) is 37.0. The van der Waals surface area contributed by atoms with Crippen LogP contribution in [-0.4, -0.2) is 52.7 Å². The Bertz CT molecular complexity index is 2470. The third-order valence-electron chi connectivity index (χ3n) is 12.4. The minimum absolute atomic E-state index is 0.00430. The van der Waals surface area contributed by atoms with Gasteiger partial charge in [-0.3, -0.25) is 34.3 Å². The van der Waals surface area contributed by atoms with Crippen LogP contribution in [-0.2, 0) is 24.6 Å². The molecule has 290 valence electrons. The second-order valence-electron chi connectivity index (χ2n) is 15.5. The van der Waals surface area contributed by atoms with E-state index in [1.54, 1.807) is 54.6 Å². The summed E-state index contributed by atoms with van der Waals surface area (Å²) in [5.74, 6) is -5.09. The van der Waals surface area contributed by atoms with Crippen LogP contribution in [0.5, 0.6) is 5.75 Å². The Balaban J connectivity index is 1.16. The third kappa shape index (κ3) is 5.77. The van der Waals surface area contributed by atoms with E-state index in [4.69, 9.17) is 4.74 Å². The minimum Gasteiger partial charge on any atom is -0.491 e. The van der Waals surface area contributed by atoms with Gasteiger partial charge in [-0.25, -0.2) is 0 Å². The molecule has 5 aromatic rings. The third-order valence-corrected chi connectivity index (χ3v) is 12.4. The largest absolute Gasteiger partial charge is 0.491 e. The lowest BCUT2D eigenvalue weighted by Crippen LogP contribution is -2.53. The number of fused-ring (bicyclic) bond motifs is 4. The van der Waals surface area contributed by atoms with E-state index >= 15 is 4.79 Å². The summed E-state index contributed by atoms with van der Waals surface area (Å²) in [6, 6.07) is 39.5. The monoisotopic (exact) mass is 771 g/mol. The highest BCUT2D eigenvalue weighted by molar-refractivity contribution is 6.23. The molecule has 0 unspecified atom stereocenters. The maximum atomic E-state index is 15.5. The number of hydrogen-bond donors (Lipinski definition) is 2. The number of aliphatic hydroxyl groups excluding tert-OH is 1. The van der Waals surface area contributed by atoms with Gasteiger partial charge in [0.1, 0.15) is 12.4 Å². The van der Waals surface area contributed by atoms with Gasteiger partial charge in [-0.15, -0.1) is 0 Å². The average Bonchev–Trinajstić information content (AvgIpc) is 3.64. The fourth-order valence-electron chi connectivity index (χ4n) is 9.87. The molecule has 2 heterocycles. The molecule has 2 saturated heterocycles. The molecule has 2 aliphatic carbocycles. The zero-order chi connectivity index (χ0) is 40.1. The van der Waals surface area contributed by atoms with E-state index in [2.05, 4.69) is 5.43 Å². The van der Waals surface area contributed by atoms with Crippen molar-refractivity contribution in [1.82, 2.24) is 5.01 Å². The number of carbonyl (C=O) groups excluding carboxylic acids is 5. The fourth-order valence-corrected chi connectivity index (χ4v) is 9.87. The lowest BCUT2D eigenvalue weighted by molar-refractivity contribution is -0.138. The summed E-state index contributed by atoms with van der Waals surface area (Å²) >= 11 is 0. The second kappa shape index (κ2) is 14.7. The first-order chi connectivity index (χ1) is 28.2. The Hall–Kier alpha value is -6.65. The number of hydrogen-bond acceptors (Lipinski definition) is 8. The molecule has 2 aliphatic heterocycles. The van der Waals surface area contributed by atoms with Crippen molar-refractivity contribution in [2.45, 2.75) is 31.1 Å². The lowest BCUT2D eigenvalue weighted by atomic mass is 9.49. The molecule has 4 amide bonds. The second-order valence-corrected chi connectivity index (χ2v) is 15.5. The van der Waals surface area contributed by atoms with E-state index in [0.29, 0.717) is 39.4 Å². The number of aliphatic hydroxyl groups is 1. The summed E-state index contributed by atoms with van der Waals surface area (Å²) < 4.78 is 6.14. The van der Waals surface area contributed by atoms with Gasteiger partial charge in [0, 0.05) is 22.6 Å². The van der Waals surface area contributed by atoms with Gasteiger partial charge in [-0.2, -0.15) is 5.01 Å². The predicted molar refractivity (Wildman–Crippen MR) is 217 cm³/mol. The molecule has 10 heteroatoms. The quantitative estimate of drug-likeness (QED) is 0.0902. The molecule has 4 aliphatic rings. The normalized spacial score (nSPS) is 24.9. The molecule has 0 spiro atoms. The molecule has 0 aromatic heterocycles. The van der Waals surface area contributed by atoms with Gasteiger partial charge in [-0.05, 0) is 73.7 Å². The summed E-state index contributed by atoms with van der Waals surface area (Å²) in [5.41, 5.74) is 6.67. The number of nitrogens with one attached hydrogen (secondary N) is 1. The first-order valence-electron chi connectivity index (χ1n) is 19.6. The molecule has 1 saturated carbocycles. The topological polar surface area (TPSA) is 133 Å². The SMILES string of the molecule is Cc1ccc(NN2C(=O)[C@@H]3C[C@@H]4C(=CC[C@@H]5C(=O)N(c6ccc(C(=O)c7ccccc7)cc6)C(=O)[C@@H]54)[C@H](c4ccccc4OCCO)[C@]3(c3ccccc3)C2=O)cc1. The number of carbonyl (C=O) groups is 5. The zero-order valence-electron chi connectivity index (χ0n) is 31.8. The van der Waals surface area contributed by atoms with Crippen LogP contribution >= 0.6 is 0 Å². The first-order valence-corrected chi connectivity index (χ1v) is 19.6. The molecule has 0 bridgehead atoms. The van der Waals surface area contributed by atoms with Crippen LogP contribution in [0.1, 0.15) is 51.4 Å². The van der Waals surface area contributed by atoms with E-state index in [9.17, 15) is 24.3 Å². The number of ether oxygens (including phenoxy) is 1. The van der Waals surface area contributed by atoms with E-state index in [-0.39, 0.29) is 43.7 Å². The fraction of sp³-hybridized carbons (Fsp3) is 0.229. The number of benzene rings is 5. The maximum Gasteiger partial charge on any atom is 0.260 e. The lowest BCUT2D eigenvalue weighted by Gasteiger charge is -2.50. The van der Waals surface area contributed by atoms with Gasteiger partial charge >= 0.3 is 0 Å². The van der Waals surface area contributed by atoms with E-state index in [1.165, 1.54) is 4.90 Å². The Kier molecular flexibility index (Phi) is 9.36.